The molecule has 0 unspecified atom stereocenters. The molecule has 0 atom stereocenters. The molecule has 0 saturated heterocycles. The number of nitrogens with one attached hydrogen (secondary N) is 2. The number of carbonyl (C=O) groups is 1. The largest absolute Gasteiger partial charge is 0.312 e. The quantitative estimate of drug-likeness (QED) is 0.490. The van der Waals surface area contributed by atoms with Gasteiger partial charge in [-0.2, -0.15) is 0 Å². The Labute approximate surface area is 185 Å². The fourth-order valence-corrected chi connectivity index (χ4v) is 4.53. The second-order valence-electron chi connectivity index (χ2n) is 7.18. The SMILES string of the molecule is Cl.O=C(Nc1nnc(Cc2cccc3ccccc23)s1)c1ccc2c(c1)CCNC2. The minimum Gasteiger partial charge on any atom is -0.312 e. The summed E-state index contributed by atoms with van der Waals surface area (Å²) in [5, 5.41) is 18.5. The van der Waals surface area contributed by atoms with Crippen molar-refractivity contribution in [2.45, 2.75) is 19.4 Å². The van der Waals surface area contributed by atoms with Crippen LogP contribution in [-0.2, 0) is 19.4 Å². The van der Waals surface area contributed by atoms with Gasteiger partial charge in [0.05, 0.1) is 0 Å². The number of nitrogens with zero attached hydrogens (tertiary/aromatic N) is 2. The standard InChI is InChI=1S/C23H20N4OS.ClH/c28-22(18-8-9-19-14-24-11-10-16(19)12-18)25-23-27-26-21(29-23)13-17-6-3-5-15-4-1-2-7-20(15)17;/h1-9,12,24H,10-11,13-14H2,(H,25,27,28);1H. The topological polar surface area (TPSA) is 66.9 Å². The fourth-order valence-electron chi connectivity index (χ4n) is 3.77. The lowest BCUT2D eigenvalue weighted by Crippen LogP contribution is -2.24. The maximum atomic E-state index is 12.7. The Morgan fingerprint density at radius 1 is 1.03 bits per heavy atom. The monoisotopic (exact) mass is 436 g/mol. The van der Waals surface area contributed by atoms with Crippen LogP contribution < -0.4 is 10.6 Å². The van der Waals surface area contributed by atoms with Crippen LogP contribution in [0.1, 0.15) is 32.1 Å². The Morgan fingerprint density at radius 2 is 1.90 bits per heavy atom. The van der Waals surface area contributed by atoms with Crippen LogP contribution in [0.4, 0.5) is 5.13 Å². The van der Waals surface area contributed by atoms with Gasteiger partial charge in [0.2, 0.25) is 5.13 Å². The van der Waals surface area contributed by atoms with Crippen molar-refractivity contribution in [2.24, 2.45) is 0 Å². The molecule has 0 spiro atoms. The molecular formula is C23H21ClN4OS. The van der Waals surface area contributed by atoms with E-state index in [0.717, 1.165) is 24.5 Å². The highest BCUT2D eigenvalue weighted by molar-refractivity contribution is 7.15. The molecule has 4 aromatic rings. The normalized spacial score (nSPS) is 12.8. The second-order valence-corrected chi connectivity index (χ2v) is 8.24. The first-order valence-electron chi connectivity index (χ1n) is 9.69. The molecule has 0 bridgehead atoms. The number of rotatable bonds is 4. The highest BCUT2D eigenvalue weighted by Crippen LogP contribution is 2.24. The Balaban J connectivity index is 0.00000218. The minimum atomic E-state index is -0.140. The molecular weight excluding hydrogens is 416 g/mol. The molecule has 7 heteroatoms. The van der Waals surface area contributed by atoms with Gasteiger partial charge in [0.1, 0.15) is 5.01 Å². The maximum absolute atomic E-state index is 12.7. The lowest BCUT2D eigenvalue weighted by molar-refractivity contribution is 0.102. The van der Waals surface area contributed by atoms with Gasteiger partial charge in [-0.3, -0.25) is 10.1 Å². The van der Waals surface area contributed by atoms with Gasteiger partial charge >= 0.3 is 0 Å². The number of fused-ring (bicyclic) bond motifs is 2. The molecule has 3 aromatic carbocycles. The van der Waals surface area contributed by atoms with Crippen LogP contribution in [0.2, 0.25) is 0 Å². The van der Waals surface area contributed by atoms with Crippen molar-refractivity contribution in [3.8, 4) is 0 Å². The van der Waals surface area contributed by atoms with Crippen molar-refractivity contribution in [3.05, 3.63) is 87.9 Å². The molecule has 152 valence electrons. The molecule has 1 aromatic heterocycles. The van der Waals surface area contributed by atoms with Crippen molar-refractivity contribution in [1.82, 2.24) is 15.5 Å². The first-order valence-corrected chi connectivity index (χ1v) is 10.5. The number of carbonyl (C=O) groups excluding carboxylic acids is 1. The summed E-state index contributed by atoms with van der Waals surface area (Å²) in [5.41, 5.74) is 4.38. The van der Waals surface area contributed by atoms with Gasteiger partial charge in [0.15, 0.2) is 0 Å². The van der Waals surface area contributed by atoms with Gasteiger partial charge in [-0.25, -0.2) is 0 Å². The molecule has 0 saturated carbocycles. The van der Waals surface area contributed by atoms with E-state index in [1.54, 1.807) is 0 Å². The summed E-state index contributed by atoms with van der Waals surface area (Å²) in [7, 11) is 0. The van der Waals surface area contributed by atoms with Crippen LogP contribution in [-0.4, -0.2) is 22.6 Å². The van der Waals surface area contributed by atoms with Crippen LogP contribution in [0.25, 0.3) is 10.8 Å². The molecule has 5 rings (SSSR count). The zero-order valence-corrected chi connectivity index (χ0v) is 17.9. The minimum absolute atomic E-state index is 0. The van der Waals surface area contributed by atoms with Gasteiger partial charge in [-0.1, -0.05) is 59.9 Å². The van der Waals surface area contributed by atoms with Crippen molar-refractivity contribution in [3.63, 3.8) is 0 Å². The molecule has 1 aliphatic rings. The van der Waals surface area contributed by atoms with Gasteiger partial charge in [0, 0.05) is 18.5 Å². The predicted octanol–water partition coefficient (Wildman–Crippen LogP) is 4.60. The summed E-state index contributed by atoms with van der Waals surface area (Å²) >= 11 is 1.42. The van der Waals surface area contributed by atoms with E-state index >= 15 is 0 Å². The maximum Gasteiger partial charge on any atom is 0.257 e. The van der Waals surface area contributed by atoms with Crippen molar-refractivity contribution >= 4 is 45.6 Å². The summed E-state index contributed by atoms with van der Waals surface area (Å²) < 4.78 is 0. The van der Waals surface area contributed by atoms with Crippen LogP contribution in [0.15, 0.2) is 60.7 Å². The third-order valence-corrected chi connectivity index (χ3v) is 6.10. The number of hydrogen-bond acceptors (Lipinski definition) is 5. The van der Waals surface area contributed by atoms with Crippen molar-refractivity contribution in [2.75, 3.05) is 11.9 Å². The molecule has 2 heterocycles. The Kier molecular flexibility index (Phi) is 6.08. The van der Waals surface area contributed by atoms with E-state index in [1.165, 1.54) is 38.8 Å². The van der Waals surface area contributed by atoms with E-state index in [9.17, 15) is 4.79 Å². The molecule has 2 N–H and O–H groups in total. The van der Waals surface area contributed by atoms with E-state index in [0.29, 0.717) is 17.1 Å². The third-order valence-electron chi connectivity index (χ3n) is 5.26. The smallest absolute Gasteiger partial charge is 0.257 e. The molecule has 0 fully saturated rings. The number of halogens is 1. The summed E-state index contributed by atoms with van der Waals surface area (Å²) in [6, 6.07) is 20.5. The Morgan fingerprint density at radius 3 is 2.83 bits per heavy atom. The van der Waals surface area contributed by atoms with Gasteiger partial charge < -0.3 is 5.32 Å². The zero-order chi connectivity index (χ0) is 19.6. The molecule has 1 amide bonds. The van der Waals surface area contributed by atoms with Gasteiger partial charge in [-0.15, -0.1) is 22.6 Å². The van der Waals surface area contributed by atoms with Gasteiger partial charge in [-0.05, 0) is 52.6 Å². The molecule has 5 nitrogen and oxygen atoms in total. The summed E-state index contributed by atoms with van der Waals surface area (Å²) in [5.74, 6) is -0.140. The molecule has 0 radical (unpaired) electrons. The van der Waals surface area contributed by atoms with E-state index in [2.05, 4.69) is 51.2 Å². The molecule has 0 aliphatic carbocycles. The summed E-state index contributed by atoms with van der Waals surface area (Å²) in [4.78, 5) is 12.7. The fraction of sp³-hybridized carbons (Fsp3) is 0.174. The zero-order valence-electron chi connectivity index (χ0n) is 16.2. The van der Waals surface area contributed by atoms with E-state index in [-0.39, 0.29) is 18.3 Å². The highest BCUT2D eigenvalue weighted by atomic mass is 35.5. The molecule has 1 aliphatic heterocycles. The average Bonchev–Trinajstić information content (AvgIpc) is 3.20. The van der Waals surface area contributed by atoms with Crippen molar-refractivity contribution in [1.29, 1.82) is 0 Å². The Hall–Kier alpha value is -2.80. The average molecular weight is 437 g/mol. The lowest BCUT2D eigenvalue weighted by Gasteiger charge is -2.17. The van der Waals surface area contributed by atoms with Crippen LogP contribution in [0, 0.1) is 0 Å². The van der Waals surface area contributed by atoms with Gasteiger partial charge in [0.25, 0.3) is 5.91 Å². The Bertz CT molecular complexity index is 1200. The highest BCUT2D eigenvalue weighted by Gasteiger charge is 2.15. The summed E-state index contributed by atoms with van der Waals surface area (Å²) in [6.07, 6.45) is 1.64. The van der Waals surface area contributed by atoms with E-state index in [1.807, 2.05) is 30.3 Å². The lowest BCUT2D eigenvalue weighted by atomic mass is 9.98. The third kappa shape index (κ3) is 4.21. The first-order chi connectivity index (χ1) is 14.3. The predicted molar refractivity (Wildman–Crippen MR) is 124 cm³/mol. The second kappa shape index (κ2) is 8.92. The molecule has 30 heavy (non-hydrogen) atoms. The van der Waals surface area contributed by atoms with E-state index < -0.39 is 0 Å². The number of anilines is 1. The van der Waals surface area contributed by atoms with E-state index in [4.69, 9.17) is 0 Å². The summed E-state index contributed by atoms with van der Waals surface area (Å²) in [6.45, 7) is 1.82. The van der Waals surface area contributed by atoms with Crippen LogP contribution in [0.5, 0.6) is 0 Å². The van der Waals surface area contributed by atoms with Crippen LogP contribution >= 0.6 is 23.7 Å². The number of aromatic nitrogens is 2. The van der Waals surface area contributed by atoms with Crippen LogP contribution in [0.3, 0.4) is 0 Å². The van der Waals surface area contributed by atoms with Crippen molar-refractivity contribution < 1.29 is 4.79 Å². The number of amides is 1. The first kappa shape index (κ1) is 20.5. The number of benzene rings is 3. The number of hydrogen-bond donors (Lipinski definition) is 2.